The lowest BCUT2D eigenvalue weighted by atomic mass is 10.1. The predicted octanol–water partition coefficient (Wildman–Crippen LogP) is 2.15. The van der Waals surface area contributed by atoms with Crippen LogP contribution in [0, 0.1) is 5.82 Å². The van der Waals surface area contributed by atoms with E-state index in [1.807, 2.05) is 11.7 Å². The van der Waals surface area contributed by atoms with Crippen molar-refractivity contribution in [1.82, 2.24) is 25.0 Å². The van der Waals surface area contributed by atoms with Crippen molar-refractivity contribution in [3.8, 4) is 0 Å². The van der Waals surface area contributed by atoms with Crippen LogP contribution >= 0.6 is 0 Å². The first-order valence-electron chi connectivity index (χ1n) is 10.2. The average molecular weight is 425 g/mol. The molecule has 0 radical (unpaired) electrons. The summed E-state index contributed by atoms with van der Waals surface area (Å²) < 4.78 is 14.6. The van der Waals surface area contributed by atoms with E-state index in [1.165, 1.54) is 30.7 Å². The van der Waals surface area contributed by atoms with Crippen LogP contribution in [0.1, 0.15) is 59.3 Å². The van der Waals surface area contributed by atoms with Gasteiger partial charge in [0.1, 0.15) is 17.5 Å². The molecule has 0 unspecified atom stereocenters. The van der Waals surface area contributed by atoms with Crippen LogP contribution in [-0.4, -0.2) is 43.8 Å². The summed E-state index contributed by atoms with van der Waals surface area (Å²) in [4.78, 5) is 28.0. The van der Waals surface area contributed by atoms with Gasteiger partial charge in [0.15, 0.2) is 0 Å². The van der Waals surface area contributed by atoms with Crippen LogP contribution in [-0.2, 0) is 17.8 Å². The van der Waals surface area contributed by atoms with Gasteiger partial charge in [-0.1, -0.05) is 12.1 Å². The second kappa shape index (κ2) is 8.66. The first-order valence-corrected chi connectivity index (χ1v) is 10.2. The monoisotopic (exact) mass is 425 g/mol. The van der Waals surface area contributed by atoms with Gasteiger partial charge >= 0.3 is 0 Å². The van der Waals surface area contributed by atoms with Gasteiger partial charge in [-0.25, -0.2) is 14.1 Å². The minimum Gasteiger partial charge on any atom is -0.363 e. The van der Waals surface area contributed by atoms with Crippen molar-refractivity contribution in [2.75, 3.05) is 11.9 Å². The quantitative estimate of drug-likeness (QED) is 0.663. The Labute approximate surface area is 178 Å². The van der Waals surface area contributed by atoms with Gasteiger partial charge < -0.3 is 10.6 Å². The Hall–Kier alpha value is -3.56. The molecule has 1 saturated carbocycles. The standard InChI is InChI=1S/C11H15N3O.C10H9FN4O/c1-13-10-7-9(8-4-5-8)12-14(10)6-2-3-11(13)15;11-7-3-1-6(2-4-7)5-8-13-10(9(12)16)15-14-8/h7-8H,2-6H2,1H3;1-4H,5H2,(H2,12,16)(H,13,14,15). The SMILES string of the molecule is CN1C(=O)CCCn2nc(C3CC3)cc21.NC(=O)c1n[nH]c(Cc2ccc(F)cc2)n1. The number of fused-ring (bicyclic) bond motifs is 1. The van der Waals surface area contributed by atoms with Gasteiger partial charge in [-0.3, -0.25) is 14.7 Å². The first-order chi connectivity index (χ1) is 14.9. The summed E-state index contributed by atoms with van der Waals surface area (Å²) in [7, 11) is 1.85. The van der Waals surface area contributed by atoms with Gasteiger partial charge in [-0.05, 0) is 37.0 Å². The number of carbonyl (C=O) groups excluding carboxylic acids is 2. The molecule has 0 atom stereocenters. The van der Waals surface area contributed by atoms with Gasteiger partial charge in [0, 0.05) is 38.4 Å². The molecule has 3 heterocycles. The summed E-state index contributed by atoms with van der Waals surface area (Å²) in [6, 6.07) is 8.09. The van der Waals surface area contributed by atoms with E-state index in [9.17, 15) is 14.0 Å². The molecular formula is C21H24FN7O2. The summed E-state index contributed by atoms with van der Waals surface area (Å²) >= 11 is 0. The number of nitrogens with two attached hydrogens (primary N) is 1. The number of hydrogen-bond acceptors (Lipinski definition) is 5. The van der Waals surface area contributed by atoms with Gasteiger partial charge in [0.2, 0.25) is 11.7 Å². The van der Waals surface area contributed by atoms with Crippen molar-refractivity contribution in [1.29, 1.82) is 0 Å². The number of H-pyrrole nitrogens is 1. The Balaban J connectivity index is 0.000000149. The van der Waals surface area contributed by atoms with E-state index in [1.54, 1.807) is 17.0 Å². The zero-order valence-corrected chi connectivity index (χ0v) is 17.2. The topological polar surface area (TPSA) is 123 Å². The second-order valence-electron chi connectivity index (χ2n) is 7.75. The smallest absolute Gasteiger partial charge is 0.288 e. The number of benzene rings is 1. The zero-order chi connectivity index (χ0) is 22.0. The predicted molar refractivity (Wildman–Crippen MR) is 111 cm³/mol. The van der Waals surface area contributed by atoms with Crippen LogP contribution < -0.4 is 10.6 Å². The summed E-state index contributed by atoms with van der Waals surface area (Å²) in [5, 5.41) is 10.8. The Bertz CT molecular complexity index is 1090. The molecule has 0 saturated heterocycles. The van der Waals surface area contributed by atoms with Crippen LogP contribution in [0.2, 0.25) is 0 Å². The van der Waals surface area contributed by atoms with E-state index in [-0.39, 0.29) is 17.5 Å². The number of primary amides is 1. The summed E-state index contributed by atoms with van der Waals surface area (Å²) in [6.45, 7) is 0.873. The van der Waals surface area contributed by atoms with Crippen molar-refractivity contribution in [3.63, 3.8) is 0 Å². The highest BCUT2D eigenvalue weighted by Crippen LogP contribution is 2.40. The molecule has 2 aromatic heterocycles. The Morgan fingerprint density at radius 2 is 2.03 bits per heavy atom. The normalized spacial score (nSPS) is 15.7. The molecule has 3 N–H and O–H groups in total. The van der Waals surface area contributed by atoms with Crippen molar-refractivity contribution in [2.24, 2.45) is 5.73 Å². The Morgan fingerprint density at radius 3 is 2.68 bits per heavy atom. The molecule has 1 aliphatic heterocycles. The highest BCUT2D eigenvalue weighted by Gasteiger charge is 2.29. The molecule has 0 bridgehead atoms. The van der Waals surface area contributed by atoms with Crippen LogP contribution in [0.15, 0.2) is 30.3 Å². The minimum absolute atomic E-state index is 0.0443. The minimum atomic E-state index is -0.679. The lowest BCUT2D eigenvalue weighted by Crippen LogP contribution is -2.25. The molecule has 9 nitrogen and oxygen atoms in total. The van der Waals surface area contributed by atoms with Gasteiger partial charge in [-0.15, -0.1) is 5.10 Å². The molecule has 31 heavy (non-hydrogen) atoms. The lowest BCUT2D eigenvalue weighted by molar-refractivity contribution is -0.118. The van der Waals surface area contributed by atoms with Crippen LogP contribution in [0.3, 0.4) is 0 Å². The number of halogens is 1. The summed E-state index contributed by atoms with van der Waals surface area (Å²) in [5.74, 6) is 1.33. The van der Waals surface area contributed by atoms with Crippen LogP contribution in [0.25, 0.3) is 0 Å². The third-order valence-corrected chi connectivity index (χ3v) is 5.29. The second-order valence-corrected chi connectivity index (χ2v) is 7.75. The van der Waals surface area contributed by atoms with Crippen molar-refractivity contribution >= 4 is 17.6 Å². The number of aromatic amines is 1. The zero-order valence-electron chi connectivity index (χ0n) is 17.2. The number of nitrogens with zero attached hydrogens (tertiary/aromatic N) is 5. The molecule has 162 valence electrons. The molecular weight excluding hydrogens is 401 g/mol. The van der Waals surface area contributed by atoms with E-state index in [2.05, 4.69) is 26.3 Å². The molecule has 5 rings (SSSR count). The molecule has 2 amide bonds. The van der Waals surface area contributed by atoms with Crippen LogP contribution in [0.5, 0.6) is 0 Å². The molecule has 2 aliphatic rings. The van der Waals surface area contributed by atoms with Crippen molar-refractivity contribution < 1.29 is 14.0 Å². The number of hydrogen-bond donors (Lipinski definition) is 2. The van der Waals surface area contributed by atoms with E-state index in [0.717, 1.165) is 24.3 Å². The largest absolute Gasteiger partial charge is 0.363 e. The Kier molecular flexibility index (Phi) is 5.79. The molecule has 3 aromatic rings. The molecule has 1 aromatic carbocycles. The number of aromatic nitrogens is 5. The maximum atomic E-state index is 12.6. The summed E-state index contributed by atoms with van der Waals surface area (Å²) in [6.07, 6.45) is 4.50. The van der Waals surface area contributed by atoms with Gasteiger partial charge in [0.25, 0.3) is 5.91 Å². The van der Waals surface area contributed by atoms with E-state index < -0.39 is 5.91 Å². The fourth-order valence-corrected chi connectivity index (χ4v) is 3.40. The maximum Gasteiger partial charge on any atom is 0.288 e. The molecule has 0 spiro atoms. The highest BCUT2D eigenvalue weighted by molar-refractivity contribution is 5.92. The van der Waals surface area contributed by atoms with Crippen LogP contribution in [0.4, 0.5) is 10.2 Å². The number of nitrogens with one attached hydrogen (secondary N) is 1. The van der Waals surface area contributed by atoms with E-state index in [0.29, 0.717) is 24.6 Å². The van der Waals surface area contributed by atoms with Crippen molar-refractivity contribution in [2.45, 2.75) is 44.6 Å². The van der Waals surface area contributed by atoms with Gasteiger partial charge in [-0.2, -0.15) is 5.10 Å². The summed E-state index contributed by atoms with van der Waals surface area (Å²) in [5.41, 5.74) is 7.05. The van der Waals surface area contributed by atoms with Gasteiger partial charge in [0.05, 0.1) is 5.69 Å². The van der Waals surface area contributed by atoms with Crippen molar-refractivity contribution in [3.05, 3.63) is 59.1 Å². The maximum absolute atomic E-state index is 12.6. The Morgan fingerprint density at radius 1 is 1.29 bits per heavy atom. The first kappa shape index (κ1) is 20.7. The fraction of sp³-hybridized carbons (Fsp3) is 0.381. The average Bonchev–Trinajstić information content (AvgIpc) is 3.37. The third kappa shape index (κ3) is 4.96. The number of aryl methyl sites for hydroxylation is 1. The van der Waals surface area contributed by atoms with E-state index in [4.69, 9.17) is 5.73 Å². The molecule has 10 heteroatoms. The third-order valence-electron chi connectivity index (χ3n) is 5.29. The number of rotatable bonds is 4. The fourth-order valence-electron chi connectivity index (χ4n) is 3.40. The number of carbonyl (C=O) groups is 2. The number of amides is 2. The number of anilines is 1. The molecule has 1 fully saturated rings. The highest BCUT2D eigenvalue weighted by atomic mass is 19.1. The van der Waals surface area contributed by atoms with E-state index >= 15 is 0 Å². The molecule has 1 aliphatic carbocycles. The lowest BCUT2D eigenvalue weighted by Gasteiger charge is -2.13.